The predicted octanol–water partition coefficient (Wildman–Crippen LogP) is 4.90. The number of amides is 1. The van der Waals surface area contributed by atoms with Crippen LogP contribution in [0.2, 0.25) is 0 Å². The molecule has 3 aromatic carbocycles. The Morgan fingerprint density at radius 2 is 1.61 bits per heavy atom. The lowest BCUT2D eigenvalue weighted by atomic mass is 9.92. The van der Waals surface area contributed by atoms with Crippen molar-refractivity contribution in [1.82, 2.24) is 0 Å². The third-order valence-corrected chi connectivity index (χ3v) is 5.23. The van der Waals surface area contributed by atoms with E-state index in [9.17, 15) is 14.7 Å². The van der Waals surface area contributed by atoms with E-state index in [-0.39, 0.29) is 23.0 Å². The van der Waals surface area contributed by atoms with Gasteiger partial charge in [-0.05, 0) is 61.7 Å². The minimum atomic E-state index is -0.807. The third-order valence-electron chi connectivity index (χ3n) is 5.23. The predicted molar refractivity (Wildman–Crippen MR) is 109 cm³/mol. The van der Waals surface area contributed by atoms with Gasteiger partial charge in [0.15, 0.2) is 5.78 Å². The van der Waals surface area contributed by atoms with Crippen LogP contribution in [0.4, 0.5) is 5.69 Å². The number of hydrogen-bond acceptors (Lipinski definition) is 3. The Kier molecular flexibility index (Phi) is 4.27. The molecular formula is C24H21NO3. The quantitative estimate of drug-likeness (QED) is 0.666. The fourth-order valence-corrected chi connectivity index (χ4v) is 3.95. The Balaban J connectivity index is 1.90. The molecule has 0 aromatic heterocycles. The van der Waals surface area contributed by atoms with Crippen LogP contribution in [0.15, 0.2) is 60.7 Å². The van der Waals surface area contributed by atoms with Crippen LogP contribution in [-0.2, 0) is 0 Å². The molecule has 1 aliphatic heterocycles. The molecule has 0 saturated carbocycles. The molecule has 0 aliphatic carbocycles. The standard InChI is InChI=1S/C24H21NO3/c1-14-8-10-17(11-9-14)25-22(18-6-4-5-7-19(18)24(25)28)23(27)21-16(3)12-15(2)13-20(21)26/h4-13,22,26H,1-3H3/t22-/m1/s1. The molecule has 4 nitrogen and oxygen atoms in total. The number of aromatic hydroxyl groups is 1. The van der Waals surface area contributed by atoms with Gasteiger partial charge in [-0.3, -0.25) is 14.5 Å². The average molecular weight is 371 g/mol. The first kappa shape index (κ1) is 18.0. The fourth-order valence-electron chi connectivity index (χ4n) is 3.95. The van der Waals surface area contributed by atoms with Gasteiger partial charge in [-0.1, -0.05) is 42.0 Å². The summed E-state index contributed by atoms with van der Waals surface area (Å²) in [5.41, 5.74) is 4.76. The smallest absolute Gasteiger partial charge is 0.259 e. The van der Waals surface area contributed by atoms with Crippen molar-refractivity contribution in [3.8, 4) is 5.75 Å². The number of Topliss-reactive ketones (excluding diaryl/α,β-unsaturated/α-hetero) is 1. The molecule has 0 radical (unpaired) electrons. The zero-order chi connectivity index (χ0) is 20.0. The molecule has 1 heterocycles. The van der Waals surface area contributed by atoms with Gasteiger partial charge in [0.25, 0.3) is 5.91 Å². The molecule has 0 bridgehead atoms. The van der Waals surface area contributed by atoms with Gasteiger partial charge in [-0.2, -0.15) is 0 Å². The number of ketones is 1. The van der Waals surface area contributed by atoms with E-state index < -0.39 is 6.04 Å². The largest absolute Gasteiger partial charge is 0.507 e. The van der Waals surface area contributed by atoms with Crippen LogP contribution in [-0.4, -0.2) is 16.8 Å². The molecule has 1 N–H and O–H groups in total. The molecule has 1 atom stereocenters. The summed E-state index contributed by atoms with van der Waals surface area (Å²) in [5.74, 6) is -0.542. The minimum Gasteiger partial charge on any atom is -0.507 e. The maximum absolute atomic E-state index is 13.6. The molecule has 4 rings (SSSR count). The van der Waals surface area contributed by atoms with Crippen LogP contribution < -0.4 is 4.90 Å². The number of phenols is 1. The van der Waals surface area contributed by atoms with E-state index >= 15 is 0 Å². The first-order chi connectivity index (χ1) is 13.4. The Bertz CT molecular complexity index is 1080. The Hall–Kier alpha value is -3.40. The zero-order valence-corrected chi connectivity index (χ0v) is 16.1. The van der Waals surface area contributed by atoms with Gasteiger partial charge in [0, 0.05) is 11.3 Å². The summed E-state index contributed by atoms with van der Waals surface area (Å²) in [5, 5.41) is 10.5. The monoisotopic (exact) mass is 371 g/mol. The molecule has 1 amide bonds. The van der Waals surface area contributed by atoms with E-state index in [0.717, 1.165) is 11.1 Å². The molecule has 140 valence electrons. The second kappa shape index (κ2) is 6.64. The van der Waals surface area contributed by atoms with E-state index in [1.165, 1.54) is 4.90 Å². The summed E-state index contributed by atoms with van der Waals surface area (Å²) in [7, 11) is 0. The Labute approximate surface area is 164 Å². The van der Waals surface area contributed by atoms with Crippen LogP contribution in [0.5, 0.6) is 5.75 Å². The van der Waals surface area contributed by atoms with Crippen molar-refractivity contribution < 1.29 is 14.7 Å². The summed E-state index contributed by atoms with van der Waals surface area (Å²) >= 11 is 0. The highest BCUT2D eigenvalue weighted by atomic mass is 16.3. The van der Waals surface area contributed by atoms with E-state index in [4.69, 9.17) is 0 Å². The molecular weight excluding hydrogens is 350 g/mol. The molecule has 4 heteroatoms. The van der Waals surface area contributed by atoms with Crippen molar-refractivity contribution in [3.63, 3.8) is 0 Å². The van der Waals surface area contributed by atoms with Crippen LogP contribution in [0.1, 0.15) is 49.0 Å². The lowest BCUT2D eigenvalue weighted by Crippen LogP contribution is -2.33. The molecule has 0 unspecified atom stereocenters. The lowest BCUT2D eigenvalue weighted by molar-refractivity contribution is 0.0914. The second-order valence-corrected chi connectivity index (χ2v) is 7.34. The van der Waals surface area contributed by atoms with E-state index in [2.05, 4.69) is 0 Å². The molecule has 0 saturated heterocycles. The maximum Gasteiger partial charge on any atom is 0.259 e. The minimum absolute atomic E-state index is 0.0526. The van der Waals surface area contributed by atoms with Crippen LogP contribution in [0.3, 0.4) is 0 Å². The Morgan fingerprint density at radius 3 is 2.29 bits per heavy atom. The number of hydrogen-bond donors (Lipinski definition) is 1. The van der Waals surface area contributed by atoms with Crippen molar-refractivity contribution in [2.24, 2.45) is 0 Å². The van der Waals surface area contributed by atoms with E-state index in [1.807, 2.05) is 56.3 Å². The molecule has 1 aliphatic rings. The van der Waals surface area contributed by atoms with Crippen molar-refractivity contribution in [2.75, 3.05) is 4.90 Å². The highest BCUT2D eigenvalue weighted by molar-refractivity contribution is 6.19. The topological polar surface area (TPSA) is 57.6 Å². The molecule has 28 heavy (non-hydrogen) atoms. The lowest BCUT2D eigenvalue weighted by Gasteiger charge is -2.25. The normalized spacial score (nSPS) is 15.6. The number of aryl methyl sites for hydroxylation is 3. The molecule has 0 spiro atoms. The van der Waals surface area contributed by atoms with Gasteiger partial charge >= 0.3 is 0 Å². The van der Waals surface area contributed by atoms with Crippen molar-refractivity contribution in [2.45, 2.75) is 26.8 Å². The molecule has 0 fully saturated rings. The maximum atomic E-state index is 13.6. The SMILES string of the molecule is Cc1ccc(N2C(=O)c3ccccc3[C@@H]2C(=O)c2c(C)cc(C)cc2O)cc1. The Morgan fingerprint density at radius 1 is 0.929 bits per heavy atom. The van der Waals surface area contributed by atoms with Crippen LogP contribution in [0.25, 0.3) is 0 Å². The van der Waals surface area contributed by atoms with Gasteiger partial charge < -0.3 is 5.11 Å². The summed E-state index contributed by atoms with van der Waals surface area (Å²) in [6, 6.07) is 17.4. The number of carbonyl (C=O) groups excluding carboxylic acids is 2. The number of fused-ring (bicyclic) bond motifs is 1. The summed E-state index contributed by atoms with van der Waals surface area (Å²) in [4.78, 5) is 28.3. The highest BCUT2D eigenvalue weighted by Crippen LogP contribution is 2.41. The van der Waals surface area contributed by atoms with Crippen LogP contribution in [0, 0.1) is 20.8 Å². The number of anilines is 1. The molecule has 3 aromatic rings. The highest BCUT2D eigenvalue weighted by Gasteiger charge is 2.43. The first-order valence-corrected chi connectivity index (χ1v) is 9.22. The average Bonchev–Trinajstić information content (AvgIpc) is 2.94. The van der Waals surface area contributed by atoms with Crippen molar-refractivity contribution in [1.29, 1.82) is 0 Å². The van der Waals surface area contributed by atoms with Gasteiger partial charge in [-0.25, -0.2) is 0 Å². The number of nitrogens with zero attached hydrogens (tertiary/aromatic N) is 1. The number of benzene rings is 3. The van der Waals surface area contributed by atoms with Gasteiger partial charge in [0.1, 0.15) is 11.8 Å². The third kappa shape index (κ3) is 2.78. The van der Waals surface area contributed by atoms with E-state index in [1.54, 1.807) is 25.1 Å². The van der Waals surface area contributed by atoms with E-state index in [0.29, 0.717) is 22.4 Å². The number of phenolic OH excluding ortho intramolecular Hbond substituents is 1. The summed E-state index contributed by atoms with van der Waals surface area (Å²) in [6.07, 6.45) is 0. The second-order valence-electron chi connectivity index (χ2n) is 7.34. The summed E-state index contributed by atoms with van der Waals surface area (Å²) < 4.78 is 0. The number of carbonyl (C=O) groups is 2. The summed E-state index contributed by atoms with van der Waals surface area (Å²) in [6.45, 7) is 5.65. The fraction of sp³-hybridized carbons (Fsp3) is 0.167. The zero-order valence-electron chi connectivity index (χ0n) is 16.1. The first-order valence-electron chi connectivity index (χ1n) is 9.22. The van der Waals surface area contributed by atoms with Crippen molar-refractivity contribution in [3.05, 3.63) is 94.0 Å². The van der Waals surface area contributed by atoms with Gasteiger partial charge in [-0.15, -0.1) is 0 Å². The van der Waals surface area contributed by atoms with Crippen molar-refractivity contribution >= 4 is 17.4 Å². The van der Waals surface area contributed by atoms with Gasteiger partial charge in [0.2, 0.25) is 0 Å². The van der Waals surface area contributed by atoms with Crippen LogP contribution >= 0.6 is 0 Å². The van der Waals surface area contributed by atoms with Gasteiger partial charge in [0.05, 0.1) is 5.56 Å². The number of rotatable bonds is 3.